The minimum Gasteiger partial charge on any atom is -0.371 e. The van der Waals surface area contributed by atoms with Gasteiger partial charge in [0.25, 0.3) is 11.8 Å². The van der Waals surface area contributed by atoms with E-state index in [4.69, 9.17) is 0 Å². The zero-order chi connectivity index (χ0) is 47.8. The van der Waals surface area contributed by atoms with Crippen LogP contribution in [0.3, 0.4) is 0 Å². The number of H-pyrrole nitrogens is 1. The van der Waals surface area contributed by atoms with Crippen LogP contribution in [0, 0.1) is 11.6 Å². The van der Waals surface area contributed by atoms with Gasteiger partial charge in [-0.2, -0.15) is 12.7 Å². The van der Waals surface area contributed by atoms with Gasteiger partial charge in [-0.25, -0.2) is 18.2 Å². The maximum Gasteiger partial charge on any atom is 0.301 e. The van der Waals surface area contributed by atoms with E-state index in [1.165, 1.54) is 6.20 Å². The van der Waals surface area contributed by atoms with E-state index in [0.717, 1.165) is 77.3 Å². The van der Waals surface area contributed by atoms with Crippen molar-refractivity contribution in [2.75, 3.05) is 53.8 Å². The van der Waals surface area contributed by atoms with Crippen molar-refractivity contribution in [3.8, 4) is 11.1 Å². The molecule has 15 nitrogen and oxygen atoms in total. The number of ketones is 1. The minimum atomic E-state index is -4.37. The summed E-state index contributed by atoms with van der Waals surface area (Å²) in [5.41, 5.74) is 3.31. The molecule has 0 spiro atoms. The molecule has 1 unspecified atom stereocenters. The summed E-state index contributed by atoms with van der Waals surface area (Å²) in [6.45, 7) is 11.1. The van der Waals surface area contributed by atoms with Crippen molar-refractivity contribution in [1.29, 1.82) is 0 Å². The third kappa shape index (κ3) is 8.08. The number of piperazine rings is 1. The Bertz CT molecular complexity index is 3000. The summed E-state index contributed by atoms with van der Waals surface area (Å²) in [7, 11) is -4.37. The molecule has 5 aliphatic rings. The van der Waals surface area contributed by atoms with Crippen LogP contribution in [0.15, 0.2) is 85.3 Å². The Balaban J connectivity index is 0.780. The van der Waals surface area contributed by atoms with Gasteiger partial charge in [0.05, 0.1) is 22.4 Å². The van der Waals surface area contributed by atoms with E-state index in [0.29, 0.717) is 52.3 Å². The highest BCUT2D eigenvalue weighted by Crippen LogP contribution is 2.36. The number of carbonyl (C=O) groups excluding carboxylic acids is 4. The van der Waals surface area contributed by atoms with Gasteiger partial charge >= 0.3 is 10.2 Å². The minimum absolute atomic E-state index is 0.00240. The average molecular weight is 950 g/mol. The molecule has 3 amide bonds. The third-order valence-electron chi connectivity index (χ3n) is 14.1. The summed E-state index contributed by atoms with van der Waals surface area (Å²) >= 11 is 0. The van der Waals surface area contributed by atoms with Crippen LogP contribution in [0.2, 0.25) is 0 Å². The standard InChI is InChI=1S/C49H50F3N9O6S/c1-27-4-13-42(47(63)55-27)61-48(64)36-10-9-35(21-38(36)49(61)65)57-17-15-33(16-18-57)58-24-28(2)60(29(3)25-58)34-7-5-30(6-8-34)31-20-37-39(23-54-46(37)53-22-31)45(62)43-40(51)11-12-41(44(43)52)56-68(66,67)59-19-14-32(50)26-59/h5-12,20-23,28-29,32-33,42,56H,1,4,13-19,24-26H2,2-3H3,(H,53,54)(H,55,63)/t28-,29-,32+,42?/m0/s1. The maximum absolute atomic E-state index is 15.8. The fourth-order valence-electron chi connectivity index (χ4n) is 10.7. The van der Waals surface area contributed by atoms with Crippen LogP contribution in [-0.4, -0.2) is 126 Å². The molecule has 19 heteroatoms. The number of fused-ring (bicyclic) bond motifs is 2. The van der Waals surface area contributed by atoms with E-state index in [1.54, 1.807) is 24.4 Å². The van der Waals surface area contributed by atoms with Gasteiger partial charge in [0.1, 0.15) is 23.7 Å². The molecular formula is C49H50F3N9O6S. The second-order valence-corrected chi connectivity index (χ2v) is 20.1. The number of hydrogen-bond donors (Lipinski definition) is 3. The Morgan fingerprint density at radius 3 is 2.24 bits per heavy atom. The van der Waals surface area contributed by atoms with E-state index in [9.17, 15) is 32.0 Å². The van der Waals surface area contributed by atoms with Crippen molar-refractivity contribution in [3.05, 3.63) is 119 Å². The van der Waals surface area contributed by atoms with Gasteiger partial charge in [-0.3, -0.25) is 33.7 Å². The fraction of sp³-hybridized carbons (Fsp3) is 0.367. The van der Waals surface area contributed by atoms with E-state index in [1.807, 2.05) is 35.1 Å². The molecule has 7 heterocycles. The first-order valence-corrected chi connectivity index (χ1v) is 24.3. The third-order valence-corrected chi connectivity index (χ3v) is 15.6. The van der Waals surface area contributed by atoms with Crippen LogP contribution in [0.25, 0.3) is 22.2 Å². The molecule has 4 atom stereocenters. The lowest BCUT2D eigenvalue weighted by molar-refractivity contribution is -0.125. The Morgan fingerprint density at radius 2 is 1.54 bits per heavy atom. The quantitative estimate of drug-likeness (QED) is 0.105. The SMILES string of the molecule is C=C1CCC(N2C(=O)c3ccc(N4CCC(N5C[C@H](C)N(c6ccc(-c7cnc8[nH]cc(C(=O)c9c(F)ccc(NS(=O)(=O)N%10CC[C@@H](F)C%10)c9F)c8c7)cc6)[C@@H](C)C5)CC4)cc3C2=O)C(=O)N1. The molecule has 3 aromatic carbocycles. The van der Waals surface area contributed by atoms with E-state index in [2.05, 4.69) is 50.4 Å². The summed E-state index contributed by atoms with van der Waals surface area (Å²) in [6.07, 6.45) is 4.32. The van der Waals surface area contributed by atoms with Crippen molar-refractivity contribution in [3.63, 3.8) is 0 Å². The number of aromatic nitrogens is 2. The highest BCUT2D eigenvalue weighted by Gasteiger charge is 2.44. The van der Waals surface area contributed by atoms with E-state index >= 15 is 8.78 Å². The number of amides is 3. The van der Waals surface area contributed by atoms with E-state index in [-0.39, 0.29) is 36.5 Å². The molecular weight excluding hydrogens is 900 g/mol. The van der Waals surface area contributed by atoms with E-state index < -0.39 is 69.5 Å². The summed E-state index contributed by atoms with van der Waals surface area (Å²) in [5, 5.41) is 3.00. The Labute approximate surface area is 391 Å². The predicted octanol–water partition coefficient (Wildman–Crippen LogP) is 6.40. The van der Waals surface area contributed by atoms with Crippen molar-refractivity contribution in [1.82, 2.24) is 29.4 Å². The molecule has 4 fully saturated rings. The number of nitrogens with zero attached hydrogens (tertiary/aromatic N) is 6. The van der Waals surface area contributed by atoms with Gasteiger partial charge in [-0.05, 0) is 100 Å². The number of rotatable bonds is 10. The first-order chi connectivity index (χ1) is 32.6. The highest BCUT2D eigenvalue weighted by molar-refractivity contribution is 7.90. The van der Waals surface area contributed by atoms with Gasteiger partial charge in [-0.1, -0.05) is 18.7 Å². The molecule has 5 aliphatic heterocycles. The first kappa shape index (κ1) is 45.2. The lowest BCUT2D eigenvalue weighted by Crippen LogP contribution is -2.60. The molecule has 4 saturated heterocycles. The number of hydrogen-bond acceptors (Lipinski definition) is 10. The molecule has 10 rings (SSSR count). The Morgan fingerprint density at radius 1 is 0.838 bits per heavy atom. The number of anilines is 3. The van der Waals surface area contributed by atoms with Crippen molar-refractivity contribution in [2.24, 2.45) is 0 Å². The first-order valence-electron chi connectivity index (χ1n) is 22.9. The highest BCUT2D eigenvalue weighted by atomic mass is 32.2. The summed E-state index contributed by atoms with van der Waals surface area (Å²) < 4.78 is 73.3. The maximum atomic E-state index is 15.8. The largest absolute Gasteiger partial charge is 0.371 e. The van der Waals surface area contributed by atoms with Crippen LogP contribution >= 0.6 is 0 Å². The monoisotopic (exact) mass is 949 g/mol. The number of piperidine rings is 2. The smallest absolute Gasteiger partial charge is 0.301 e. The number of carbonyl (C=O) groups is 4. The summed E-state index contributed by atoms with van der Waals surface area (Å²) in [5.74, 6) is -4.85. The number of pyridine rings is 1. The van der Waals surface area contributed by atoms with Crippen molar-refractivity contribution in [2.45, 2.75) is 76.3 Å². The van der Waals surface area contributed by atoms with Gasteiger partial charge in [-0.15, -0.1) is 0 Å². The molecule has 0 bridgehead atoms. The molecule has 0 radical (unpaired) electrons. The number of allylic oxidation sites excluding steroid dienone is 1. The fourth-order valence-corrected chi connectivity index (χ4v) is 11.9. The number of alkyl halides is 1. The van der Waals surface area contributed by atoms with Gasteiger partial charge in [0, 0.05) is 103 Å². The second kappa shape index (κ2) is 17.5. The van der Waals surface area contributed by atoms with Crippen molar-refractivity contribution >= 4 is 61.8 Å². The van der Waals surface area contributed by atoms with Gasteiger partial charge in [0.15, 0.2) is 5.82 Å². The van der Waals surface area contributed by atoms with Gasteiger partial charge in [0.2, 0.25) is 11.7 Å². The number of nitrogens with one attached hydrogen (secondary N) is 3. The number of aromatic amines is 1. The number of halogens is 3. The molecule has 0 saturated carbocycles. The Kier molecular flexibility index (Phi) is 11.6. The molecule has 3 N–H and O–H groups in total. The lowest BCUT2D eigenvalue weighted by Gasteiger charge is -2.50. The summed E-state index contributed by atoms with van der Waals surface area (Å²) in [4.78, 5) is 69.0. The van der Waals surface area contributed by atoms with Crippen LogP contribution in [-0.2, 0) is 15.0 Å². The lowest BCUT2D eigenvalue weighted by atomic mass is 9.97. The molecule has 2 aromatic heterocycles. The van der Waals surface area contributed by atoms with Crippen LogP contribution in [0.4, 0.5) is 30.2 Å². The molecule has 0 aliphatic carbocycles. The second-order valence-electron chi connectivity index (χ2n) is 18.5. The number of imide groups is 1. The number of benzene rings is 3. The average Bonchev–Trinajstić information content (AvgIpc) is 4.03. The molecule has 354 valence electrons. The van der Waals surface area contributed by atoms with Crippen LogP contribution < -0.4 is 19.8 Å². The molecule has 68 heavy (non-hydrogen) atoms. The zero-order valence-corrected chi connectivity index (χ0v) is 38.3. The molecule has 5 aromatic rings. The van der Waals surface area contributed by atoms with Gasteiger partial charge < -0.3 is 20.1 Å². The predicted molar refractivity (Wildman–Crippen MR) is 250 cm³/mol. The topological polar surface area (TPSA) is 171 Å². The Hall–Kier alpha value is -6.57. The van der Waals surface area contributed by atoms with Crippen LogP contribution in [0.1, 0.15) is 82.6 Å². The summed E-state index contributed by atoms with van der Waals surface area (Å²) in [6, 6.07) is 16.7. The zero-order valence-electron chi connectivity index (χ0n) is 37.5. The van der Waals surface area contributed by atoms with Crippen molar-refractivity contribution < 1.29 is 40.8 Å². The van der Waals surface area contributed by atoms with Crippen LogP contribution in [0.5, 0.6) is 0 Å². The normalized spacial score (nSPS) is 23.2.